The first-order valence-electron chi connectivity index (χ1n) is 8.43. The Morgan fingerprint density at radius 3 is 2.74 bits per heavy atom. The Bertz CT molecular complexity index is 943. The van der Waals surface area contributed by atoms with E-state index in [1.165, 1.54) is 16.8 Å². The fourth-order valence-electron chi connectivity index (χ4n) is 2.89. The number of nitrogens with zero attached hydrogens (tertiary/aromatic N) is 3. The molecule has 1 aliphatic heterocycles. The molecule has 136 valence electrons. The van der Waals surface area contributed by atoms with Gasteiger partial charge in [0.05, 0.1) is 22.8 Å². The molecule has 0 saturated carbocycles. The number of carbonyl (C=O) groups excluding carboxylic acids is 1. The van der Waals surface area contributed by atoms with Gasteiger partial charge in [0.1, 0.15) is 11.8 Å². The highest BCUT2D eigenvalue weighted by atomic mass is 35.5. The topological polar surface area (TPSA) is 58.7 Å². The normalized spacial score (nSPS) is 16.4. The summed E-state index contributed by atoms with van der Waals surface area (Å²) in [5, 5.41) is 7.60. The summed E-state index contributed by atoms with van der Waals surface area (Å²) in [6.45, 7) is 0. The summed E-state index contributed by atoms with van der Waals surface area (Å²) in [6.07, 6.45) is 3.92. The summed E-state index contributed by atoms with van der Waals surface area (Å²) >= 11 is 7.37. The molecule has 0 N–H and O–H groups in total. The van der Waals surface area contributed by atoms with E-state index in [2.05, 4.69) is 10.1 Å². The first-order chi connectivity index (χ1) is 13.2. The molecule has 0 saturated heterocycles. The van der Waals surface area contributed by atoms with Gasteiger partial charge in [-0.25, -0.2) is 9.99 Å². The Hall–Kier alpha value is -2.57. The van der Waals surface area contributed by atoms with E-state index < -0.39 is 0 Å². The number of aromatic nitrogens is 1. The van der Waals surface area contributed by atoms with E-state index in [9.17, 15) is 4.79 Å². The lowest BCUT2D eigenvalue weighted by Crippen LogP contribution is -2.28. The smallest absolute Gasteiger partial charge is 0.253 e. The molecule has 2 aromatic heterocycles. The predicted octanol–water partition coefficient (Wildman–Crippen LogP) is 4.80. The Morgan fingerprint density at radius 2 is 2.04 bits per heavy atom. The van der Waals surface area contributed by atoms with Crippen LogP contribution in [0.2, 0.25) is 5.02 Å². The van der Waals surface area contributed by atoms with Gasteiger partial charge in [-0.15, -0.1) is 0 Å². The number of amides is 1. The van der Waals surface area contributed by atoms with Crippen molar-refractivity contribution in [3.8, 4) is 0 Å². The summed E-state index contributed by atoms with van der Waals surface area (Å²) in [5.74, 6) is 0.890. The fraction of sp³-hybridized carbons (Fsp3) is 0.150. The van der Waals surface area contributed by atoms with Crippen molar-refractivity contribution < 1.29 is 9.21 Å². The lowest BCUT2D eigenvalue weighted by Gasteiger charge is -2.19. The molecular weight excluding hydrogens is 382 g/mol. The van der Waals surface area contributed by atoms with Crippen molar-refractivity contribution in [1.82, 2.24) is 9.99 Å². The highest BCUT2D eigenvalue weighted by Crippen LogP contribution is 2.34. The molecule has 7 heteroatoms. The van der Waals surface area contributed by atoms with Gasteiger partial charge in [-0.1, -0.05) is 41.6 Å². The average Bonchev–Trinajstić information content (AvgIpc) is 3.37. The zero-order valence-electron chi connectivity index (χ0n) is 14.3. The standard InChI is InChI=1S/C20H16ClN3O2S/c21-15-8-6-14(7-9-15)16-12-17(18-4-3-11-26-18)24(23-16)20(25)13-27-19-5-1-2-10-22-19/h1-11,17H,12-13H2/t17-/m1/s1. The van der Waals surface area contributed by atoms with Crippen molar-refractivity contribution >= 4 is 35.0 Å². The third-order valence-corrected chi connectivity index (χ3v) is 5.38. The first-order valence-corrected chi connectivity index (χ1v) is 9.80. The summed E-state index contributed by atoms with van der Waals surface area (Å²) in [5.41, 5.74) is 1.79. The van der Waals surface area contributed by atoms with E-state index in [1.807, 2.05) is 54.6 Å². The van der Waals surface area contributed by atoms with E-state index in [4.69, 9.17) is 16.0 Å². The van der Waals surface area contributed by atoms with Gasteiger partial charge in [-0.2, -0.15) is 5.10 Å². The van der Waals surface area contributed by atoms with Crippen LogP contribution in [0, 0.1) is 0 Å². The predicted molar refractivity (Wildman–Crippen MR) is 106 cm³/mol. The molecule has 1 aromatic carbocycles. The van der Waals surface area contributed by atoms with Crippen molar-refractivity contribution in [2.75, 3.05) is 5.75 Å². The molecule has 1 atom stereocenters. The van der Waals surface area contributed by atoms with Crippen LogP contribution in [0.1, 0.15) is 23.8 Å². The van der Waals surface area contributed by atoms with E-state index in [1.54, 1.807) is 12.5 Å². The molecule has 1 amide bonds. The Balaban J connectivity index is 1.55. The van der Waals surface area contributed by atoms with Gasteiger partial charge in [0.25, 0.3) is 5.91 Å². The maximum absolute atomic E-state index is 12.9. The minimum absolute atomic E-state index is 0.0870. The Kier molecular flexibility index (Phi) is 5.27. The maximum Gasteiger partial charge on any atom is 0.253 e. The SMILES string of the molecule is O=C(CSc1ccccn1)N1N=C(c2ccc(Cl)cc2)C[C@@H]1c1ccco1. The van der Waals surface area contributed by atoms with Crippen LogP contribution in [0.25, 0.3) is 0 Å². The van der Waals surface area contributed by atoms with Crippen LogP contribution in [0.3, 0.4) is 0 Å². The van der Waals surface area contributed by atoms with Crippen LogP contribution in [-0.4, -0.2) is 27.4 Å². The van der Waals surface area contributed by atoms with Gasteiger partial charge >= 0.3 is 0 Å². The molecule has 0 radical (unpaired) electrons. The fourth-order valence-corrected chi connectivity index (χ4v) is 3.73. The third kappa shape index (κ3) is 4.07. The van der Waals surface area contributed by atoms with Gasteiger partial charge < -0.3 is 4.42 Å². The van der Waals surface area contributed by atoms with E-state index in [0.29, 0.717) is 11.4 Å². The number of halogens is 1. The quantitative estimate of drug-likeness (QED) is 0.580. The molecule has 0 bridgehead atoms. The highest BCUT2D eigenvalue weighted by Gasteiger charge is 2.34. The van der Waals surface area contributed by atoms with E-state index in [0.717, 1.165) is 22.1 Å². The molecule has 4 rings (SSSR count). The Morgan fingerprint density at radius 1 is 1.19 bits per heavy atom. The van der Waals surface area contributed by atoms with Crippen molar-refractivity contribution in [2.45, 2.75) is 17.5 Å². The Labute approximate surface area is 166 Å². The zero-order chi connectivity index (χ0) is 18.6. The highest BCUT2D eigenvalue weighted by molar-refractivity contribution is 7.99. The monoisotopic (exact) mass is 397 g/mol. The van der Waals surface area contributed by atoms with Crippen molar-refractivity contribution in [2.24, 2.45) is 5.10 Å². The number of pyridine rings is 1. The van der Waals surface area contributed by atoms with Gasteiger partial charge in [-0.3, -0.25) is 4.79 Å². The zero-order valence-corrected chi connectivity index (χ0v) is 15.9. The minimum atomic E-state index is -0.248. The third-order valence-electron chi connectivity index (χ3n) is 4.20. The second-order valence-electron chi connectivity index (χ2n) is 5.98. The maximum atomic E-state index is 12.9. The van der Waals surface area contributed by atoms with Crippen LogP contribution in [-0.2, 0) is 4.79 Å². The van der Waals surface area contributed by atoms with Crippen LogP contribution >= 0.6 is 23.4 Å². The van der Waals surface area contributed by atoms with Crippen molar-refractivity contribution in [1.29, 1.82) is 0 Å². The van der Waals surface area contributed by atoms with E-state index >= 15 is 0 Å². The van der Waals surface area contributed by atoms with Crippen LogP contribution < -0.4 is 0 Å². The number of rotatable bonds is 5. The number of thioether (sulfide) groups is 1. The summed E-state index contributed by atoms with van der Waals surface area (Å²) in [7, 11) is 0. The molecule has 0 aliphatic carbocycles. The molecule has 1 aliphatic rings. The largest absolute Gasteiger partial charge is 0.467 e. The number of benzene rings is 1. The van der Waals surface area contributed by atoms with Gasteiger partial charge in [0, 0.05) is 17.6 Å². The molecule has 0 fully saturated rings. The van der Waals surface area contributed by atoms with Crippen molar-refractivity contribution in [3.05, 3.63) is 83.4 Å². The van der Waals surface area contributed by atoms with Crippen LogP contribution in [0.15, 0.2) is 81.6 Å². The minimum Gasteiger partial charge on any atom is -0.467 e. The van der Waals surface area contributed by atoms with E-state index in [-0.39, 0.29) is 17.7 Å². The first kappa shape index (κ1) is 17.8. The molecule has 27 heavy (non-hydrogen) atoms. The second-order valence-corrected chi connectivity index (χ2v) is 7.42. The number of carbonyl (C=O) groups is 1. The van der Waals surface area contributed by atoms with Crippen LogP contribution in [0.5, 0.6) is 0 Å². The van der Waals surface area contributed by atoms with Gasteiger partial charge in [0.15, 0.2) is 0 Å². The molecule has 3 aromatic rings. The average molecular weight is 398 g/mol. The molecule has 5 nitrogen and oxygen atoms in total. The molecule has 0 spiro atoms. The van der Waals surface area contributed by atoms with Crippen molar-refractivity contribution in [3.63, 3.8) is 0 Å². The van der Waals surface area contributed by atoms with Gasteiger partial charge in [-0.05, 0) is 42.0 Å². The van der Waals surface area contributed by atoms with Gasteiger partial charge in [0.2, 0.25) is 0 Å². The summed E-state index contributed by atoms with van der Waals surface area (Å²) in [6, 6.07) is 16.5. The lowest BCUT2D eigenvalue weighted by molar-refractivity contribution is -0.130. The second kappa shape index (κ2) is 7.98. The number of hydrazone groups is 1. The number of hydrogen-bond donors (Lipinski definition) is 0. The number of furan rings is 1. The molecule has 0 unspecified atom stereocenters. The summed E-state index contributed by atoms with van der Waals surface area (Å²) < 4.78 is 5.56. The van der Waals surface area contributed by atoms with Crippen LogP contribution in [0.4, 0.5) is 0 Å². The number of hydrogen-bond acceptors (Lipinski definition) is 5. The lowest BCUT2D eigenvalue weighted by atomic mass is 10.0. The molecular formula is C20H16ClN3O2S. The summed E-state index contributed by atoms with van der Waals surface area (Å²) in [4.78, 5) is 17.1. The molecule has 3 heterocycles.